The molecule has 0 aliphatic rings. The second-order valence-electron chi connectivity index (χ2n) is 4.19. The fourth-order valence-corrected chi connectivity index (χ4v) is 2.13. The minimum Gasteiger partial charge on any atom is -0.306 e. The maximum atomic E-state index is 13.9. The summed E-state index contributed by atoms with van der Waals surface area (Å²) in [5.41, 5.74) is 1.14. The van der Waals surface area contributed by atoms with Gasteiger partial charge in [0.05, 0.1) is 11.1 Å². The van der Waals surface area contributed by atoms with E-state index >= 15 is 0 Å². The summed E-state index contributed by atoms with van der Waals surface area (Å²) in [6.07, 6.45) is 0. The number of benzene rings is 2. The molecule has 4 heteroatoms. The van der Waals surface area contributed by atoms with Crippen LogP contribution in [0.15, 0.2) is 42.5 Å². The summed E-state index contributed by atoms with van der Waals surface area (Å²) in [6.45, 7) is 2.56. The summed E-state index contributed by atoms with van der Waals surface area (Å²) in [7, 11) is 0. The van der Waals surface area contributed by atoms with Gasteiger partial charge in [0.15, 0.2) is 0 Å². The molecule has 0 bridgehead atoms. The van der Waals surface area contributed by atoms with Gasteiger partial charge < -0.3 is 5.32 Å². The molecular formula is C15H14ClF2N. The molecule has 19 heavy (non-hydrogen) atoms. The quantitative estimate of drug-likeness (QED) is 0.880. The van der Waals surface area contributed by atoms with E-state index in [2.05, 4.69) is 5.32 Å². The lowest BCUT2D eigenvalue weighted by Crippen LogP contribution is -2.23. The molecule has 0 saturated carbocycles. The topological polar surface area (TPSA) is 12.0 Å². The Kier molecular flexibility index (Phi) is 4.51. The molecule has 0 aromatic heterocycles. The van der Waals surface area contributed by atoms with Gasteiger partial charge in [-0.25, -0.2) is 8.78 Å². The van der Waals surface area contributed by atoms with Gasteiger partial charge in [-0.15, -0.1) is 0 Å². The summed E-state index contributed by atoms with van der Waals surface area (Å²) in [5, 5.41) is 3.22. The van der Waals surface area contributed by atoms with Gasteiger partial charge in [0.2, 0.25) is 0 Å². The van der Waals surface area contributed by atoms with Crippen molar-refractivity contribution in [3.05, 3.63) is 70.2 Å². The Labute approximate surface area is 116 Å². The number of hydrogen-bond donors (Lipinski definition) is 1. The third-order valence-corrected chi connectivity index (χ3v) is 3.21. The highest BCUT2D eigenvalue weighted by molar-refractivity contribution is 6.30. The van der Waals surface area contributed by atoms with Crippen molar-refractivity contribution < 1.29 is 8.78 Å². The largest absolute Gasteiger partial charge is 0.306 e. The van der Waals surface area contributed by atoms with Gasteiger partial charge in [0.25, 0.3) is 0 Å². The minimum atomic E-state index is -0.501. The van der Waals surface area contributed by atoms with Crippen LogP contribution in [0.5, 0.6) is 0 Å². The predicted octanol–water partition coefficient (Wildman–Crippen LogP) is 4.32. The number of rotatable bonds is 4. The van der Waals surface area contributed by atoms with Crippen LogP contribution >= 0.6 is 11.6 Å². The molecule has 0 spiro atoms. The van der Waals surface area contributed by atoms with Crippen LogP contribution in [0.2, 0.25) is 5.02 Å². The van der Waals surface area contributed by atoms with Gasteiger partial charge in [-0.2, -0.15) is 0 Å². The predicted molar refractivity (Wildman–Crippen MR) is 73.3 cm³/mol. The number of halogens is 3. The van der Waals surface area contributed by atoms with Crippen LogP contribution in [-0.4, -0.2) is 6.54 Å². The van der Waals surface area contributed by atoms with E-state index in [0.29, 0.717) is 17.7 Å². The van der Waals surface area contributed by atoms with Crippen molar-refractivity contribution in [1.29, 1.82) is 0 Å². The molecular weight excluding hydrogens is 268 g/mol. The van der Waals surface area contributed by atoms with E-state index < -0.39 is 11.9 Å². The summed E-state index contributed by atoms with van der Waals surface area (Å²) in [4.78, 5) is 0. The number of hydrogen-bond acceptors (Lipinski definition) is 1. The second-order valence-corrected chi connectivity index (χ2v) is 4.59. The zero-order valence-electron chi connectivity index (χ0n) is 10.5. The van der Waals surface area contributed by atoms with E-state index in [4.69, 9.17) is 11.6 Å². The maximum Gasteiger partial charge on any atom is 0.142 e. The average molecular weight is 282 g/mol. The molecule has 2 rings (SSSR count). The molecule has 0 amide bonds. The van der Waals surface area contributed by atoms with Crippen molar-refractivity contribution in [2.24, 2.45) is 0 Å². The Morgan fingerprint density at radius 3 is 2.47 bits per heavy atom. The third kappa shape index (κ3) is 3.11. The van der Waals surface area contributed by atoms with Crippen LogP contribution in [0.4, 0.5) is 8.78 Å². The van der Waals surface area contributed by atoms with Gasteiger partial charge >= 0.3 is 0 Å². The van der Waals surface area contributed by atoms with Gasteiger partial charge in [0, 0.05) is 5.56 Å². The van der Waals surface area contributed by atoms with Gasteiger partial charge in [-0.3, -0.25) is 0 Å². The van der Waals surface area contributed by atoms with Gasteiger partial charge in [-0.1, -0.05) is 42.8 Å². The number of nitrogens with one attached hydrogen (secondary N) is 1. The van der Waals surface area contributed by atoms with E-state index in [0.717, 1.165) is 0 Å². The monoisotopic (exact) mass is 281 g/mol. The van der Waals surface area contributed by atoms with Crippen molar-refractivity contribution in [2.75, 3.05) is 6.54 Å². The van der Waals surface area contributed by atoms with Crippen molar-refractivity contribution in [3.63, 3.8) is 0 Å². The molecule has 0 heterocycles. The van der Waals surface area contributed by atoms with Crippen molar-refractivity contribution in [2.45, 2.75) is 13.0 Å². The zero-order valence-corrected chi connectivity index (χ0v) is 11.2. The molecule has 2 aromatic carbocycles. The molecule has 1 N–H and O–H groups in total. The summed E-state index contributed by atoms with van der Waals surface area (Å²) in [6, 6.07) is 10.6. The van der Waals surface area contributed by atoms with Crippen LogP contribution in [-0.2, 0) is 0 Å². The van der Waals surface area contributed by atoms with Crippen molar-refractivity contribution in [3.8, 4) is 0 Å². The first kappa shape index (κ1) is 14.0. The standard InChI is InChI=1S/C15H14ClF2N/c1-2-19-15(11-5-3-4-6-13(11)17)10-7-8-12(16)14(18)9-10/h3-9,15,19H,2H2,1H3. The molecule has 0 fully saturated rings. The molecule has 0 aliphatic carbocycles. The molecule has 1 nitrogen and oxygen atoms in total. The fraction of sp³-hybridized carbons (Fsp3) is 0.200. The lowest BCUT2D eigenvalue weighted by molar-refractivity contribution is 0.554. The minimum absolute atomic E-state index is 0.0625. The van der Waals surface area contributed by atoms with Crippen LogP contribution in [0.1, 0.15) is 24.1 Å². The third-order valence-electron chi connectivity index (χ3n) is 2.90. The highest BCUT2D eigenvalue weighted by Crippen LogP contribution is 2.27. The van der Waals surface area contributed by atoms with Gasteiger partial charge in [0.1, 0.15) is 11.6 Å². The second kappa shape index (κ2) is 6.13. The molecule has 0 saturated heterocycles. The normalized spacial score (nSPS) is 12.4. The highest BCUT2D eigenvalue weighted by Gasteiger charge is 2.17. The first-order valence-corrected chi connectivity index (χ1v) is 6.44. The van der Waals surface area contributed by atoms with Crippen LogP contribution in [0.3, 0.4) is 0 Å². The van der Waals surface area contributed by atoms with Crippen LogP contribution < -0.4 is 5.32 Å². The van der Waals surface area contributed by atoms with Crippen molar-refractivity contribution in [1.82, 2.24) is 5.32 Å². The summed E-state index contributed by atoms with van der Waals surface area (Å²) >= 11 is 5.67. The molecule has 100 valence electrons. The smallest absolute Gasteiger partial charge is 0.142 e. The van der Waals surface area contributed by atoms with E-state index in [1.807, 2.05) is 6.92 Å². The van der Waals surface area contributed by atoms with Gasteiger partial charge in [-0.05, 0) is 30.3 Å². The molecule has 0 radical (unpaired) electrons. The average Bonchev–Trinajstić information content (AvgIpc) is 2.40. The molecule has 0 aliphatic heterocycles. The Balaban J connectivity index is 2.45. The molecule has 1 atom stereocenters. The van der Waals surface area contributed by atoms with E-state index in [1.54, 1.807) is 24.3 Å². The lowest BCUT2D eigenvalue weighted by Gasteiger charge is -2.19. The van der Waals surface area contributed by atoms with E-state index in [9.17, 15) is 8.78 Å². The lowest BCUT2D eigenvalue weighted by atomic mass is 9.98. The van der Waals surface area contributed by atoms with E-state index in [-0.39, 0.29) is 10.8 Å². The molecule has 2 aromatic rings. The Morgan fingerprint density at radius 2 is 1.84 bits per heavy atom. The fourth-order valence-electron chi connectivity index (χ4n) is 2.01. The highest BCUT2D eigenvalue weighted by atomic mass is 35.5. The Bertz CT molecular complexity index is 572. The van der Waals surface area contributed by atoms with Crippen LogP contribution in [0.25, 0.3) is 0 Å². The van der Waals surface area contributed by atoms with Crippen molar-refractivity contribution >= 4 is 11.6 Å². The Hall–Kier alpha value is -1.45. The van der Waals surface area contributed by atoms with Crippen LogP contribution in [0, 0.1) is 11.6 Å². The zero-order chi connectivity index (χ0) is 13.8. The summed E-state index contributed by atoms with van der Waals surface area (Å²) in [5.74, 6) is -0.817. The molecule has 1 unspecified atom stereocenters. The SMILES string of the molecule is CCNC(c1ccc(Cl)c(F)c1)c1ccccc1F. The Morgan fingerprint density at radius 1 is 1.11 bits per heavy atom. The van der Waals surface area contributed by atoms with E-state index in [1.165, 1.54) is 18.2 Å². The first-order valence-electron chi connectivity index (χ1n) is 6.06. The maximum absolute atomic E-state index is 13.9. The summed E-state index contributed by atoms with van der Waals surface area (Å²) < 4.78 is 27.4. The first-order chi connectivity index (χ1) is 9.13.